The van der Waals surface area contributed by atoms with Gasteiger partial charge >= 0.3 is 12.2 Å². The van der Waals surface area contributed by atoms with E-state index in [4.69, 9.17) is 0 Å². The molecule has 8 heteroatoms. The molecule has 0 aliphatic rings. The monoisotopic (exact) mass is 308 g/mol. The number of hydrogen-bond donors (Lipinski definition) is 0. The minimum Gasteiger partial charge on any atom is -0.261 e. The van der Waals surface area contributed by atoms with Gasteiger partial charge in [0.05, 0.1) is 4.92 Å². The van der Waals surface area contributed by atoms with Crippen LogP contribution < -0.4 is 0 Å². The van der Waals surface area contributed by atoms with Crippen molar-refractivity contribution in [3.05, 3.63) is 53.0 Å². The predicted octanol–water partition coefficient (Wildman–Crippen LogP) is 3.93. The smallest absolute Gasteiger partial charge is 0.261 e. The van der Waals surface area contributed by atoms with Gasteiger partial charge in [-0.25, -0.2) is 0 Å². The van der Waals surface area contributed by atoms with E-state index >= 15 is 0 Å². The van der Waals surface area contributed by atoms with Crippen LogP contribution in [-0.4, -0.2) is 19.7 Å². The highest BCUT2D eigenvalue weighted by molar-refractivity contribution is 5.69. The summed E-state index contributed by atoms with van der Waals surface area (Å²) >= 11 is 0. The van der Waals surface area contributed by atoms with Crippen molar-refractivity contribution in [2.45, 2.75) is 25.8 Å². The zero-order valence-electron chi connectivity index (χ0n) is 11.8. The summed E-state index contributed by atoms with van der Waals surface area (Å²) in [5.74, 6) is 0.0272. The van der Waals surface area contributed by atoms with Crippen LogP contribution in [0.2, 0.25) is 0 Å². The van der Waals surface area contributed by atoms with Gasteiger partial charge in [0.2, 0.25) is 0 Å². The fourth-order valence-electron chi connectivity index (χ4n) is 2.15. The molecule has 22 heavy (non-hydrogen) atoms. The lowest BCUT2D eigenvalue weighted by molar-refractivity contribution is -0.384. The second-order valence-electron chi connectivity index (χ2n) is 4.75. The highest BCUT2D eigenvalue weighted by Crippen LogP contribution is 2.33. The number of alkyl halides is 2. The van der Waals surface area contributed by atoms with E-state index in [0.29, 0.717) is 16.8 Å². The highest BCUT2D eigenvalue weighted by Gasteiger charge is 2.26. The lowest BCUT2D eigenvalue weighted by Gasteiger charge is -2.11. The van der Waals surface area contributed by atoms with Gasteiger partial charge in [0, 0.05) is 23.4 Å². The van der Waals surface area contributed by atoms with E-state index in [0.717, 1.165) is 6.20 Å². The Hall–Kier alpha value is -2.64. The third-order valence-electron chi connectivity index (χ3n) is 3.24. The molecule has 6 nitrogen and oxygen atoms in total. The van der Waals surface area contributed by atoms with Crippen molar-refractivity contribution in [2.24, 2.45) is 0 Å². The lowest BCUT2D eigenvalue weighted by atomic mass is 10.0. The van der Waals surface area contributed by atoms with Crippen molar-refractivity contribution < 1.29 is 13.7 Å². The second-order valence-corrected chi connectivity index (χ2v) is 4.75. The molecule has 1 atom stereocenters. The summed E-state index contributed by atoms with van der Waals surface area (Å²) in [4.78, 5) is 14.5. The normalized spacial score (nSPS) is 12.4. The van der Waals surface area contributed by atoms with Crippen molar-refractivity contribution >= 4 is 5.69 Å². The van der Waals surface area contributed by atoms with Crippen LogP contribution in [0.1, 0.15) is 31.5 Å². The third kappa shape index (κ3) is 3.00. The summed E-state index contributed by atoms with van der Waals surface area (Å²) in [5.41, 5.74) is 0.238. The SMILES string of the molecule is C=CCC(C)c1cc(-c2c([N+](=O)[O-])cnn2C(F)F)ccn1. The number of pyridine rings is 1. The molecule has 0 amide bonds. The Morgan fingerprint density at radius 3 is 2.86 bits per heavy atom. The molecule has 0 aromatic carbocycles. The zero-order valence-corrected chi connectivity index (χ0v) is 11.8. The molecule has 0 fully saturated rings. The van der Waals surface area contributed by atoms with Gasteiger partial charge in [-0.2, -0.15) is 18.6 Å². The standard InChI is InChI=1S/C14H14F2N4O2/c1-3-4-9(2)11-7-10(5-6-17-11)13-12(20(21)22)8-18-19(13)14(15)16/h3,5-9,14H,1,4H2,2H3. The van der Waals surface area contributed by atoms with Gasteiger partial charge < -0.3 is 0 Å². The van der Waals surface area contributed by atoms with E-state index in [9.17, 15) is 18.9 Å². The Bertz CT molecular complexity index is 700. The number of nitro groups is 1. The summed E-state index contributed by atoms with van der Waals surface area (Å²) in [6, 6.07) is 3.02. The zero-order chi connectivity index (χ0) is 16.3. The molecule has 0 spiro atoms. The van der Waals surface area contributed by atoms with Crippen LogP contribution in [0.25, 0.3) is 11.3 Å². The van der Waals surface area contributed by atoms with Crippen LogP contribution in [0.3, 0.4) is 0 Å². The number of hydrogen-bond acceptors (Lipinski definition) is 4. The van der Waals surface area contributed by atoms with Crippen LogP contribution in [0.15, 0.2) is 37.2 Å². The van der Waals surface area contributed by atoms with Gasteiger partial charge in [-0.05, 0) is 18.6 Å². The van der Waals surface area contributed by atoms with E-state index in [1.54, 1.807) is 12.1 Å². The molecule has 2 rings (SSSR count). The Labute approximate surface area is 125 Å². The first-order valence-electron chi connectivity index (χ1n) is 6.53. The first-order chi connectivity index (χ1) is 10.5. The minimum atomic E-state index is -2.97. The van der Waals surface area contributed by atoms with Gasteiger partial charge in [-0.1, -0.05) is 13.0 Å². The van der Waals surface area contributed by atoms with Gasteiger partial charge in [0.25, 0.3) is 0 Å². The van der Waals surface area contributed by atoms with Crippen LogP contribution in [0.5, 0.6) is 0 Å². The van der Waals surface area contributed by atoms with Crippen LogP contribution in [0, 0.1) is 10.1 Å². The molecule has 0 radical (unpaired) electrons. The molecule has 0 saturated heterocycles. The summed E-state index contributed by atoms with van der Waals surface area (Å²) in [5, 5.41) is 14.4. The molecule has 0 aliphatic heterocycles. The Morgan fingerprint density at radius 1 is 1.55 bits per heavy atom. The highest BCUT2D eigenvalue weighted by atomic mass is 19.3. The molecule has 1 unspecified atom stereocenters. The summed E-state index contributed by atoms with van der Waals surface area (Å²) in [7, 11) is 0. The largest absolute Gasteiger partial charge is 0.334 e. The van der Waals surface area contributed by atoms with E-state index in [-0.39, 0.29) is 17.2 Å². The maximum absolute atomic E-state index is 13.0. The molecule has 0 saturated carbocycles. The lowest BCUT2D eigenvalue weighted by Crippen LogP contribution is -2.04. The Kier molecular flexibility index (Phi) is 4.59. The summed E-state index contributed by atoms with van der Waals surface area (Å²) in [6.07, 6.45) is 4.66. The van der Waals surface area contributed by atoms with E-state index < -0.39 is 17.2 Å². The second kappa shape index (κ2) is 6.42. The molecule has 2 aromatic rings. The van der Waals surface area contributed by atoms with Crippen molar-refractivity contribution in [2.75, 3.05) is 0 Å². The molecule has 0 bridgehead atoms. The Balaban J connectivity index is 2.56. The number of allylic oxidation sites excluding steroid dienone is 1. The van der Waals surface area contributed by atoms with Gasteiger partial charge in [0.1, 0.15) is 6.20 Å². The maximum Gasteiger partial charge on any atom is 0.334 e. The molecule has 2 aromatic heterocycles. The molecule has 116 valence electrons. The maximum atomic E-state index is 13.0. The molecule has 0 N–H and O–H groups in total. The summed E-state index contributed by atoms with van der Waals surface area (Å²) in [6.45, 7) is 2.59. The van der Waals surface area contributed by atoms with Crippen molar-refractivity contribution in [3.8, 4) is 11.3 Å². The summed E-state index contributed by atoms with van der Waals surface area (Å²) < 4.78 is 26.4. The van der Waals surface area contributed by atoms with Crippen LogP contribution in [-0.2, 0) is 0 Å². The van der Waals surface area contributed by atoms with Crippen LogP contribution in [0.4, 0.5) is 14.5 Å². The molecule has 0 aliphatic carbocycles. The van der Waals surface area contributed by atoms with Gasteiger partial charge in [0.15, 0.2) is 5.69 Å². The molecule has 2 heterocycles. The van der Waals surface area contributed by atoms with E-state index in [2.05, 4.69) is 16.7 Å². The minimum absolute atomic E-state index is 0.0272. The number of aromatic nitrogens is 3. The fraction of sp³-hybridized carbons (Fsp3) is 0.286. The van der Waals surface area contributed by atoms with Gasteiger partial charge in [-0.3, -0.25) is 15.1 Å². The van der Waals surface area contributed by atoms with Crippen molar-refractivity contribution in [1.29, 1.82) is 0 Å². The van der Waals surface area contributed by atoms with E-state index in [1.807, 2.05) is 6.92 Å². The predicted molar refractivity (Wildman–Crippen MR) is 76.6 cm³/mol. The number of rotatable bonds is 6. The molecular weight excluding hydrogens is 294 g/mol. The van der Waals surface area contributed by atoms with Gasteiger partial charge in [-0.15, -0.1) is 6.58 Å². The van der Waals surface area contributed by atoms with Crippen molar-refractivity contribution in [1.82, 2.24) is 14.8 Å². The van der Waals surface area contributed by atoms with E-state index in [1.165, 1.54) is 12.3 Å². The first kappa shape index (κ1) is 15.7. The fourth-order valence-corrected chi connectivity index (χ4v) is 2.15. The third-order valence-corrected chi connectivity index (χ3v) is 3.24. The topological polar surface area (TPSA) is 73.8 Å². The van der Waals surface area contributed by atoms with Crippen molar-refractivity contribution in [3.63, 3.8) is 0 Å². The average molecular weight is 308 g/mol. The Morgan fingerprint density at radius 2 is 2.27 bits per heavy atom. The van der Waals surface area contributed by atoms with Crippen LogP contribution >= 0.6 is 0 Å². The quantitative estimate of drug-likeness (QED) is 0.460. The average Bonchev–Trinajstić information content (AvgIpc) is 2.93. The number of nitrogens with zero attached hydrogens (tertiary/aromatic N) is 4. The first-order valence-corrected chi connectivity index (χ1v) is 6.53. The molecular formula is C14H14F2N4O2. The number of halogens is 2.